The molecule has 0 aliphatic heterocycles. The topological polar surface area (TPSA) is 74.8 Å². The summed E-state index contributed by atoms with van der Waals surface area (Å²) in [6.45, 7) is 4.17. The Balaban J connectivity index is 0.00000364. The van der Waals surface area contributed by atoms with Gasteiger partial charge in [0.2, 0.25) is 5.91 Å². The number of halogens is 1. The highest BCUT2D eigenvalue weighted by Crippen LogP contribution is 2.19. The average Bonchev–Trinajstić information content (AvgIpc) is 2.93. The van der Waals surface area contributed by atoms with Crippen LogP contribution in [-0.4, -0.2) is 44.2 Å². The van der Waals surface area contributed by atoms with Gasteiger partial charge in [-0.25, -0.2) is 4.99 Å². The molecule has 0 aromatic heterocycles. The molecule has 1 fully saturated rings. The van der Waals surface area contributed by atoms with Gasteiger partial charge in [0.1, 0.15) is 6.54 Å². The van der Waals surface area contributed by atoms with Gasteiger partial charge in [-0.1, -0.05) is 43.9 Å². The van der Waals surface area contributed by atoms with Crippen LogP contribution in [0.2, 0.25) is 0 Å². The third kappa shape index (κ3) is 10.5. The maximum Gasteiger partial charge on any atom is 0.246 e. The van der Waals surface area contributed by atoms with Crippen molar-refractivity contribution in [2.45, 2.75) is 51.6 Å². The molecule has 1 aromatic carbocycles. The van der Waals surface area contributed by atoms with Gasteiger partial charge in [0.05, 0.1) is 12.7 Å². The van der Waals surface area contributed by atoms with E-state index >= 15 is 0 Å². The maximum absolute atomic E-state index is 12.0. The first-order valence-corrected chi connectivity index (χ1v) is 9.76. The molecule has 27 heavy (non-hydrogen) atoms. The summed E-state index contributed by atoms with van der Waals surface area (Å²) >= 11 is 0. The Morgan fingerprint density at radius 2 is 1.81 bits per heavy atom. The zero-order valence-electron chi connectivity index (χ0n) is 16.2. The number of nitrogens with one attached hydrogen (secondary N) is 3. The van der Waals surface area contributed by atoms with Crippen molar-refractivity contribution in [3.05, 3.63) is 30.3 Å². The number of aliphatic imine (C=N–C) groups is 1. The molecule has 1 aliphatic carbocycles. The number of nitrogens with zero attached hydrogens (tertiary/aromatic N) is 1. The van der Waals surface area contributed by atoms with Crippen molar-refractivity contribution in [2.24, 2.45) is 4.99 Å². The van der Waals surface area contributed by atoms with Gasteiger partial charge in [-0.3, -0.25) is 4.79 Å². The Bertz CT molecular complexity index is 546. The minimum atomic E-state index is -0.136. The second kappa shape index (κ2) is 14.7. The van der Waals surface area contributed by atoms with Gasteiger partial charge in [0.15, 0.2) is 5.96 Å². The molecule has 0 radical (unpaired) electrons. The quantitative estimate of drug-likeness (QED) is 0.172. The summed E-state index contributed by atoms with van der Waals surface area (Å²) in [5.74, 6) is 0.503. The highest BCUT2D eigenvalue weighted by Gasteiger charge is 2.12. The number of para-hydroxylation sites is 1. The van der Waals surface area contributed by atoms with Gasteiger partial charge in [-0.15, -0.1) is 24.0 Å². The maximum atomic E-state index is 12.0. The largest absolute Gasteiger partial charge is 0.376 e. The van der Waals surface area contributed by atoms with E-state index in [1.165, 1.54) is 38.5 Å². The molecular weight excluding hydrogens is 455 g/mol. The summed E-state index contributed by atoms with van der Waals surface area (Å²) in [7, 11) is 0. The van der Waals surface area contributed by atoms with E-state index in [1.807, 2.05) is 37.3 Å². The van der Waals surface area contributed by atoms with Crippen molar-refractivity contribution < 1.29 is 9.53 Å². The molecule has 7 heteroatoms. The fourth-order valence-electron chi connectivity index (χ4n) is 3.02. The van der Waals surface area contributed by atoms with Gasteiger partial charge in [0.25, 0.3) is 0 Å². The van der Waals surface area contributed by atoms with Gasteiger partial charge >= 0.3 is 0 Å². The zero-order chi connectivity index (χ0) is 18.5. The van der Waals surface area contributed by atoms with Crippen LogP contribution in [0.3, 0.4) is 0 Å². The van der Waals surface area contributed by atoms with Crippen molar-refractivity contribution in [1.82, 2.24) is 10.6 Å². The molecule has 3 N–H and O–H groups in total. The predicted octanol–water partition coefficient (Wildman–Crippen LogP) is 3.54. The lowest BCUT2D eigenvalue weighted by atomic mass is 10.1. The number of guanidine groups is 1. The first kappa shape index (κ1) is 23.7. The SMILES string of the molecule is CCNC(=NCC(=O)Nc1ccccc1)NCCOC1CCCCCC1.I. The first-order valence-electron chi connectivity index (χ1n) is 9.76. The number of amides is 1. The summed E-state index contributed by atoms with van der Waals surface area (Å²) in [4.78, 5) is 16.3. The normalized spacial score (nSPS) is 15.4. The van der Waals surface area contributed by atoms with Crippen LogP contribution in [0.4, 0.5) is 5.69 Å². The molecule has 0 unspecified atom stereocenters. The van der Waals surface area contributed by atoms with Crippen LogP contribution in [0.15, 0.2) is 35.3 Å². The van der Waals surface area contributed by atoms with E-state index in [0.29, 0.717) is 25.2 Å². The summed E-state index contributed by atoms with van der Waals surface area (Å²) in [6, 6.07) is 9.40. The van der Waals surface area contributed by atoms with Crippen LogP contribution < -0.4 is 16.0 Å². The first-order chi connectivity index (χ1) is 12.8. The summed E-state index contributed by atoms with van der Waals surface area (Å²) in [5.41, 5.74) is 0.780. The molecule has 0 saturated heterocycles. The second-order valence-electron chi connectivity index (χ2n) is 6.52. The lowest BCUT2D eigenvalue weighted by Gasteiger charge is -2.16. The summed E-state index contributed by atoms with van der Waals surface area (Å²) in [5, 5.41) is 9.21. The van der Waals surface area contributed by atoms with E-state index in [9.17, 15) is 4.79 Å². The molecule has 1 amide bonds. The van der Waals surface area contributed by atoms with Crippen LogP contribution in [0.1, 0.15) is 45.4 Å². The van der Waals surface area contributed by atoms with Crippen LogP contribution in [-0.2, 0) is 9.53 Å². The number of rotatable bonds is 8. The second-order valence-corrected chi connectivity index (χ2v) is 6.52. The molecule has 0 heterocycles. The minimum absolute atomic E-state index is 0. The Morgan fingerprint density at radius 1 is 1.11 bits per heavy atom. The molecule has 6 nitrogen and oxygen atoms in total. The van der Waals surface area contributed by atoms with Crippen molar-refractivity contribution in [2.75, 3.05) is 31.6 Å². The monoisotopic (exact) mass is 488 g/mol. The van der Waals surface area contributed by atoms with E-state index in [4.69, 9.17) is 4.74 Å². The number of hydrogen-bond donors (Lipinski definition) is 3. The standard InChI is InChI=1S/C20H32N4O2.HI/c1-2-21-20(22-14-15-26-18-12-8-3-4-9-13-18)23-16-19(25)24-17-10-6-5-7-11-17;/h5-7,10-11,18H,2-4,8-9,12-16H2,1H3,(H,24,25)(H2,21,22,23);1H. The molecular formula is C20H33IN4O2. The van der Waals surface area contributed by atoms with E-state index in [2.05, 4.69) is 20.9 Å². The van der Waals surface area contributed by atoms with E-state index < -0.39 is 0 Å². The number of carbonyl (C=O) groups excluding carboxylic acids is 1. The summed E-state index contributed by atoms with van der Waals surface area (Å²) < 4.78 is 5.97. The molecule has 1 saturated carbocycles. The number of ether oxygens (including phenoxy) is 1. The van der Waals surface area contributed by atoms with Crippen LogP contribution in [0, 0.1) is 0 Å². The number of hydrogen-bond acceptors (Lipinski definition) is 3. The lowest BCUT2D eigenvalue weighted by Crippen LogP contribution is -2.40. The number of anilines is 1. The fourth-order valence-corrected chi connectivity index (χ4v) is 3.02. The number of benzene rings is 1. The lowest BCUT2D eigenvalue weighted by molar-refractivity contribution is -0.114. The summed E-state index contributed by atoms with van der Waals surface area (Å²) in [6.07, 6.45) is 7.97. The Labute approximate surface area is 179 Å². The molecule has 0 bridgehead atoms. The predicted molar refractivity (Wildman–Crippen MR) is 122 cm³/mol. The van der Waals surface area contributed by atoms with E-state index in [-0.39, 0.29) is 36.4 Å². The highest BCUT2D eigenvalue weighted by atomic mass is 127. The van der Waals surface area contributed by atoms with E-state index in [0.717, 1.165) is 12.2 Å². The Hall–Kier alpha value is -1.35. The van der Waals surface area contributed by atoms with Crippen molar-refractivity contribution in [1.29, 1.82) is 0 Å². The van der Waals surface area contributed by atoms with Crippen LogP contribution >= 0.6 is 24.0 Å². The van der Waals surface area contributed by atoms with Crippen molar-refractivity contribution in [3.63, 3.8) is 0 Å². The van der Waals surface area contributed by atoms with Crippen LogP contribution in [0.25, 0.3) is 0 Å². The highest BCUT2D eigenvalue weighted by molar-refractivity contribution is 14.0. The Kier molecular flexibility index (Phi) is 12.9. The third-order valence-corrected chi connectivity index (χ3v) is 4.33. The molecule has 2 rings (SSSR count). The number of carbonyl (C=O) groups is 1. The van der Waals surface area contributed by atoms with Gasteiger partial charge in [-0.2, -0.15) is 0 Å². The zero-order valence-corrected chi connectivity index (χ0v) is 18.5. The average molecular weight is 488 g/mol. The molecule has 0 spiro atoms. The molecule has 1 aliphatic rings. The van der Waals surface area contributed by atoms with Gasteiger partial charge < -0.3 is 20.7 Å². The van der Waals surface area contributed by atoms with Gasteiger partial charge in [-0.05, 0) is 31.9 Å². The molecule has 0 atom stereocenters. The van der Waals surface area contributed by atoms with Crippen molar-refractivity contribution >= 4 is 41.5 Å². The minimum Gasteiger partial charge on any atom is -0.376 e. The van der Waals surface area contributed by atoms with Gasteiger partial charge in [0, 0.05) is 18.8 Å². The fraction of sp³-hybridized carbons (Fsp3) is 0.600. The third-order valence-electron chi connectivity index (χ3n) is 4.33. The molecule has 152 valence electrons. The van der Waals surface area contributed by atoms with Crippen molar-refractivity contribution in [3.8, 4) is 0 Å². The van der Waals surface area contributed by atoms with Crippen LogP contribution in [0.5, 0.6) is 0 Å². The van der Waals surface area contributed by atoms with E-state index in [1.54, 1.807) is 0 Å². The Morgan fingerprint density at radius 3 is 2.48 bits per heavy atom. The molecule has 1 aromatic rings. The smallest absolute Gasteiger partial charge is 0.246 e.